The monoisotopic (exact) mass is 1570 g/mol. The van der Waals surface area contributed by atoms with Crippen molar-refractivity contribution < 1.29 is 4.42 Å². The number of pyridine rings is 4. The molecule has 9 nitrogen and oxygen atoms in total. The number of para-hydroxylation sites is 2. The van der Waals surface area contributed by atoms with Crippen LogP contribution in [-0.2, 0) is 13.1 Å². The largest absolute Gasteiger partial charge is 0.456 e. The summed E-state index contributed by atoms with van der Waals surface area (Å²) in [7, 11) is 0. The highest BCUT2D eigenvalue weighted by molar-refractivity contribution is 6.17. The third kappa shape index (κ3) is 11.7. The number of nitrogens with zero attached hydrogens (tertiary/aromatic N) is 8. The Hall–Kier alpha value is -16.1. The first-order chi connectivity index (χ1) is 60.9. The van der Waals surface area contributed by atoms with E-state index in [1.807, 2.05) is 36.8 Å². The summed E-state index contributed by atoms with van der Waals surface area (Å²) in [5.41, 5.74) is 36.6. The number of hydrogen-bond acceptors (Lipinski definition) is 5. The lowest BCUT2D eigenvalue weighted by Gasteiger charge is -2.15. The minimum Gasteiger partial charge on any atom is -0.456 e. The zero-order valence-electron chi connectivity index (χ0n) is 67.5. The molecular weight excluding hydrogens is 1500 g/mol. The molecule has 0 N–H and O–H groups in total. The zero-order chi connectivity index (χ0) is 81.3. The molecule has 0 saturated heterocycles. The van der Waals surface area contributed by atoms with Gasteiger partial charge in [-0.15, -0.1) is 0 Å². The number of rotatable bonds is 15. The summed E-state index contributed by atoms with van der Waals surface area (Å²) >= 11 is 0. The van der Waals surface area contributed by atoms with Crippen molar-refractivity contribution in [2.45, 2.75) is 26.9 Å². The topological polar surface area (TPSA) is 84.4 Å². The van der Waals surface area contributed by atoms with Crippen LogP contribution in [0.4, 0.5) is 0 Å². The quantitative estimate of drug-likeness (QED) is 0.102. The summed E-state index contributed by atoms with van der Waals surface area (Å²) in [6, 6.07) is 137. The molecule has 0 saturated carbocycles. The summed E-state index contributed by atoms with van der Waals surface area (Å²) < 4.78 is 16.6. The molecule has 123 heavy (non-hydrogen) atoms. The molecule has 24 aromatic rings. The summed E-state index contributed by atoms with van der Waals surface area (Å²) in [4.78, 5) is 20.0. The molecule has 0 atom stereocenters. The number of furan rings is 1. The van der Waals surface area contributed by atoms with Crippen molar-refractivity contribution in [3.8, 4) is 134 Å². The Bertz CT molecular complexity index is 8250. The van der Waals surface area contributed by atoms with Gasteiger partial charge >= 0.3 is 0 Å². The van der Waals surface area contributed by atoms with Gasteiger partial charge in [0, 0.05) is 153 Å². The van der Waals surface area contributed by atoms with Crippen LogP contribution in [0.1, 0.15) is 13.8 Å². The van der Waals surface area contributed by atoms with Crippen LogP contribution in [0.15, 0.2) is 405 Å². The molecule has 0 aliphatic rings. The second-order valence-electron chi connectivity index (χ2n) is 32.1. The van der Waals surface area contributed by atoms with Gasteiger partial charge < -0.3 is 22.7 Å². The highest BCUT2D eigenvalue weighted by atomic mass is 16.3. The molecule has 0 fully saturated rings. The Morgan fingerprint density at radius 2 is 0.504 bits per heavy atom. The molecule has 0 radical (unpaired) electrons. The number of benzene rings is 15. The van der Waals surface area contributed by atoms with Crippen molar-refractivity contribution in [2.24, 2.45) is 0 Å². The molecule has 0 aliphatic heterocycles. The van der Waals surface area contributed by atoms with Crippen LogP contribution in [0.3, 0.4) is 0 Å². The lowest BCUT2D eigenvalue weighted by Crippen LogP contribution is -1.95. The Morgan fingerprint density at radius 1 is 0.203 bits per heavy atom. The van der Waals surface area contributed by atoms with Crippen LogP contribution in [0.5, 0.6) is 0 Å². The van der Waals surface area contributed by atoms with E-state index >= 15 is 0 Å². The fourth-order valence-electron chi connectivity index (χ4n) is 19.8. The molecule has 0 aliphatic carbocycles. The summed E-state index contributed by atoms with van der Waals surface area (Å²) in [5, 5.41) is 11.6. The van der Waals surface area contributed by atoms with Gasteiger partial charge in [0.15, 0.2) is 0 Å². The fraction of sp³-hybridized carbons (Fsp3) is 0.0351. The predicted molar refractivity (Wildman–Crippen MR) is 511 cm³/mol. The minimum atomic E-state index is 0.809. The van der Waals surface area contributed by atoms with Gasteiger partial charge in [-0.25, -0.2) is 0 Å². The van der Waals surface area contributed by atoms with Crippen LogP contribution < -0.4 is 0 Å². The average molecular weight is 1570 g/mol. The highest BCUT2D eigenvalue weighted by Crippen LogP contribution is 2.48. The van der Waals surface area contributed by atoms with Crippen molar-refractivity contribution in [1.29, 1.82) is 0 Å². The lowest BCUT2D eigenvalue weighted by atomic mass is 9.90. The van der Waals surface area contributed by atoms with E-state index in [-0.39, 0.29) is 0 Å². The van der Waals surface area contributed by atoms with E-state index in [1.54, 1.807) is 0 Å². The van der Waals surface area contributed by atoms with Crippen molar-refractivity contribution in [2.75, 3.05) is 0 Å². The van der Waals surface area contributed by atoms with Crippen LogP contribution in [-0.4, -0.2) is 38.2 Å². The average Bonchev–Trinajstić information content (AvgIpc) is 1.57. The van der Waals surface area contributed by atoms with Gasteiger partial charge in [-0.05, 0) is 256 Å². The summed E-state index contributed by atoms with van der Waals surface area (Å²) in [6.07, 6.45) is 7.68. The maximum Gasteiger partial charge on any atom is 0.135 e. The standard InChI is InChI=1S/C114H76N8O/c1-3-119-105-36-15-13-31-90(105)93-62-72(40-50-107(93)119)71-38-48-85(92(61-71)77-41-51-108-94(67-77)91-32-14-16-37-106(91)120(108)4-2)78-39-49-104(118-70-78)89-30-12-8-26-84(89)76-45-55-112-98(66-76)97-65-75(83-25-7-11-29-88(83)103-35-19-22-60-117-103)44-54-111(97)122(112)80-47-57-114-100(69-80)99-68-79(46-56-113(99)123-114)121-109-52-42-73(81-23-5-9-27-86(81)101-33-17-20-58-115-101)63-95(109)96-64-74(43-53-110(96)121)82-24-6-10-28-87(82)102-34-18-21-59-116-102/h5-70H,3-4H2,1-2H3. The van der Waals surface area contributed by atoms with Gasteiger partial charge in [0.25, 0.3) is 0 Å². The van der Waals surface area contributed by atoms with Gasteiger partial charge in [-0.3, -0.25) is 19.9 Å². The van der Waals surface area contributed by atoms with Crippen LogP contribution >= 0.6 is 0 Å². The van der Waals surface area contributed by atoms with E-state index in [9.17, 15) is 0 Å². The number of fused-ring (bicyclic) bond motifs is 15. The molecule has 0 spiro atoms. The maximum atomic E-state index is 6.88. The molecule has 24 rings (SSSR count). The molecule has 0 bridgehead atoms. The van der Waals surface area contributed by atoms with Crippen molar-refractivity contribution in [1.82, 2.24) is 38.2 Å². The van der Waals surface area contributed by atoms with Crippen molar-refractivity contribution in [3.63, 3.8) is 0 Å². The third-order valence-corrected chi connectivity index (χ3v) is 25.4. The smallest absolute Gasteiger partial charge is 0.135 e. The zero-order valence-corrected chi connectivity index (χ0v) is 67.5. The van der Waals surface area contributed by atoms with E-state index in [4.69, 9.17) is 24.4 Å². The predicted octanol–water partition coefficient (Wildman–Crippen LogP) is 30.0. The van der Waals surface area contributed by atoms with E-state index in [2.05, 4.69) is 396 Å². The first-order valence-corrected chi connectivity index (χ1v) is 42.3. The molecule has 9 aromatic heterocycles. The molecular formula is C114H76N8O. The normalized spacial score (nSPS) is 11.9. The molecule has 578 valence electrons. The lowest BCUT2D eigenvalue weighted by molar-refractivity contribution is 0.669. The van der Waals surface area contributed by atoms with Gasteiger partial charge in [-0.1, -0.05) is 206 Å². The van der Waals surface area contributed by atoms with E-state index in [0.717, 1.165) is 207 Å². The van der Waals surface area contributed by atoms with E-state index in [1.165, 1.54) is 49.2 Å². The number of hydrogen-bond donors (Lipinski definition) is 0. The Balaban J connectivity index is 0.634. The van der Waals surface area contributed by atoms with Crippen molar-refractivity contribution in [3.05, 3.63) is 401 Å². The van der Waals surface area contributed by atoms with Crippen LogP contribution in [0.25, 0.3) is 243 Å². The summed E-state index contributed by atoms with van der Waals surface area (Å²) in [5.74, 6) is 0. The molecule has 0 amide bonds. The minimum absolute atomic E-state index is 0.809. The second kappa shape index (κ2) is 28.9. The fourth-order valence-corrected chi connectivity index (χ4v) is 19.8. The third-order valence-electron chi connectivity index (χ3n) is 25.4. The van der Waals surface area contributed by atoms with Gasteiger partial charge in [0.2, 0.25) is 0 Å². The van der Waals surface area contributed by atoms with E-state index < -0.39 is 0 Å². The van der Waals surface area contributed by atoms with Gasteiger partial charge in [-0.2, -0.15) is 0 Å². The van der Waals surface area contributed by atoms with Gasteiger partial charge in [0.05, 0.1) is 44.8 Å². The van der Waals surface area contributed by atoms with Crippen molar-refractivity contribution >= 4 is 109 Å². The summed E-state index contributed by atoms with van der Waals surface area (Å²) in [6.45, 7) is 6.25. The second-order valence-corrected chi connectivity index (χ2v) is 32.1. The molecule has 9 heterocycles. The van der Waals surface area contributed by atoms with Crippen LogP contribution in [0, 0.1) is 0 Å². The number of aryl methyl sites for hydroxylation is 2. The SMILES string of the molecule is CCn1c2ccccc2c2cc(-c3ccc(-c4ccc(-c5ccccc5-c5ccc6c(c5)c5cc(-c7ccccc7-c7ccccn7)ccc5n6-c5ccc6oc7ccc(-n8c9ccc(-c%10ccccc%10-c%10ccccn%10)cc9c9cc(-c%10ccccc%10-c%10ccccn%10)ccc98)cc7c6c5)nc4)c(-c4ccc5c(c4)c4ccccc4n5CC)c3)ccc21. The molecule has 9 heteroatoms. The first-order valence-electron chi connectivity index (χ1n) is 42.3. The Labute approximate surface area is 709 Å². The molecule has 15 aromatic carbocycles. The highest BCUT2D eigenvalue weighted by Gasteiger charge is 2.25. The molecule has 0 unspecified atom stereocenters. The van der Waals surface area contributed by atoms with E-state index in [0.29, 0.717) is 0 Å². The Morgan fingerprint density at radius 3 is 0.886 bits per heavy atom. The van der Waals surface area contributed by atoms with Crippen LogP contribution in [0.2, 0.25) is 0 Å². The Kier molecular flexibility index (Phi) is 16.7. The number of aromatic nitrogens is 8. The first kappa shape index (κ1) is 71.0. The maximum absolute atomic E-state index is 6.88. The van der Waals surface area contributed by atoms with Gasteiger partial charge in [0.1, 0.15) is 11.2 Å².